The van der Waals surface area contributed by atoms with Crippen molar-refractivity contribution in [2.24, 2.45) is 0 Å². The second-order valence-corrected chi connectivity index (χ2v) is 4.20. The third-order valence-electron chi connectivity index (χ3n) is 2.95. The molecule has 13 heavy (non-hydrogen) atoms. The van der Waals surface area contributed by atoms with Gasteiger partial charge in [0.05, 0.1) is 6.10 Å². The summed E-state index contributed by atoms with van der Waals surface area (Å²) >= 11 is 0. The van der Waals surface area contributed by atoms with Crippen molar-refractivity contribution in [2.75, 3.05) is 19.6 Å². The molecule has 0 aliphatic carbocycles. The topological polar surface area (TPSA) is 26.7 Å². The summed E-state index contributed by atoms with van der Waals surface area (Å²) in [6.45, 7) is 7.38. The number of nitrogens with zero attached hydrogens (tertiary/aromatic N) is 2. The maximum Gasteiger partial charge on any atom is 0.0532 e. The Morgan fingerprint density at radius 3 is 2.92 bits per heavy atom. The van der Waals surface area contributed by atoms with Crippen LogP contribution in [-0.2, 0) is 0 Å². The van der Waals surface area contributed by atoms with Crippen molar-refractivity contribution in [3.63, 3.8) is 0 Å². The van der Waals surface area contributed by atoms with Crippen molar-refractivity contribution in [3.8, 4) is 0 Å². The summed E-state index contributed by atoms with van der Waals surface area (Å²) in [4.78, 5) is 4.79. The van der Waals surface area contributed by atoms with E-state index in [0.29, 0.717) is 6.04 Å². The van der Waals surface area contributed by atoms with Crippen LogP contribution in [0, 0.1) is 0 Å². The average molecular weight is 182 g/mol. The van der Waals surface area contributed by atoms with Gasteiger partial charge < -0.3 is 14.9 Å². The van der Waals surface area contributed by atoms with E-state index in [1.54, 1.807) is 0 Å². The van der Waals surface area contributed by atoms with Crippen LogP contribution in [0.1, 0.15) is 20.3 Å². The molecule has 2 bridgehead atoms. The zero-order valence-electron chi connectivity index (χ0n) is 8.40. The van der Waals surface area contributed by atoms with E-state index in [1.165, 1.54) is 5.70 Å². The molecule has 0 saturated carbocycles. The second kappa shape index (κ2) is 3.22. The molecular formula is C10H18N2O. The Morgan fingerprint density at radius 1 is 1.62 bits per heavy atom. The molecule has 74 valence electrons. The predicted octanol–water partition coefficient (Wildman–Crippen LogP) is 0.618. The number of aliphatic hydroxyl groups excluding tert-OH is 1. The third kappa shape index (κ3) is 1.66. The smallest absolute Gasteiger partial charge is 0.0532 e. The molecule has 3 nitrogen and oxygen atoms in total. The molecule has 3 heterocycles. The minimum Gasteiger partial charge on any atom is -0.393 e. The van der Waals surface area contributed by atoms with Gasteiger partial charge in [-0.25, -0.2) is 0 Å². The molecule has 0 aromatic carbocycles. The van der Waals surface area contributed by atoms with Crippen molar-refractivity contribution >= 4 is 0 Å². The van der Waals surface area contributed by atoms with Crippen molar-refractivity contribution in [1.82, 2.24) is 9.80 Å². The summed E-state index contributed by atoms with van der Waals surface area (Å²) in [5, 5.41) is 9.35. The number of fused-ring (bicyclic) bond motifs is 2. The zero-order valence-corrected chi connectivity index (χ0v) is 8.40. The summed E-state index contributed by atoms with van der Waals surface area (Å²) in [5.41, 5.74) is 1.35. The highest BCUT2D eigenvalue weighted by molar-refractivity contribution is 5.09. The van der Waals surface area contributed by atoms with Gasteiger partial charge in [-0.15, -0.1) is 0 Å². The van der Waals surface area contributed by atoms with Gasteiger partial charge in [0.1, 0.15) is 0 Å². The van der Waals surface area contributed by atoms with Crippen LogP contribution in [0.2, 0.25) is 0 Å². The third-order valence-corrected chi connectivity index (χ3v) is 2.95. The van der Waals surface area contributed by atoms with E-state index in [2.05, 4.69) is 22.9 Å². The van der Waals surface area contributed by atoms with E-state index in [1.807, 2.05) is 6.92 Å². The van der Waals surface area contributed by atoms with Crippen LogP contribution in [0.25, 0.3) is 0 Å². The van der Waals surface area contributed by atoms with Gasteiger partial charge in [0.15, 0.2) is 0 Å². The number of hydrogen-bond acceptors (Lipinski definition) is 3. The molecule has 1 saturated heterocycles. The van der Waals surface area contributed by atoms with Gasteiger partial charge in [0, 0.05) is 37.6 Å². The van der Waals surface area contributed by atoms with Gasteiger partial charge in [0.25, 0.3) is 0 Å². The molecule has 3 aliphatic heterocycles. The Hall–Kier alpha value is -0.700. The van der Waals surface area contributed by atoms with Crippen LogP contribution >= 0.6 is 0 Å². The van der Waals surface area contributed by atoms with Gasteiger partial charge in [-0.1, -0.05) is 0 Å². The lowest BCUT2D eigenvalue weighted by Crippen LogP contribution is -2.55. The summed E-state index contributed by atoms with van der Waals surface area (Å²) < 4.78 is 0. The fourth-order valence-corrected chi connectivity index (χ4v) is 2.39. The Labute approximate surface area is 79.6 Å². The first-order valence-electron chi connectivity index (χ1n) is 5.04. The minimum absolute atomic E-state index is 0.182. The highest BCUT2D eigenvalue weighted by Gasteiger charge is 2.30. The highest BCUT2D eigenvalue weighted by Crippen LogP contribution is 2.25. The van der Waals surface area contributed by atoms with Crippen LogP contribution in [0.4, 0.5) is 0 Å². The molecule has 1 N–H and O–H groups in total. The maximum absolute atomic E-state index is 9.35. The lowest BCUT2D eigenvalue weighted by molar-refractivity contribution is 0.0617. The molecular weight excluding hydrogens is 164 g/mol. The Balaban J connectivity index is 2.05. The summed E-state index contributed by atoms with van der Waals surface area (Å²) in [6, 6.07) is 0.527. The van der Waals surface area contributed by atoms with Crippen LogP contribution < -0.4 is 0 Å². The molecule has 0 aromatic heterocycles. The van der Waals surface area contributed by atoms with Crippen molar-refractivity contribution in [3.05, 3.63) is 11.9 Å². The molecule has 3 aliphatic rings. The molecule has 0 spiro atoms. The van der Waals surface area contributed by atoms with E-state index in [4.69, 9.17) is 0 Å². The second-order valence-electron chi connectivity index (χ2n) is 4.20. The minimum atomic E-state index is -0.182. The monoisotopic (exact) mass is 182 g/mol. The largest absolute Gasteiger partial charge is 0.393 e. The summed E-state index contributed by atoms with van der Waals surface area (Å²) in [6.07, 6.45) is 2.93. The van der Waals surface area contributed by atoms with E-state index >= 15 is 0 Å². The normalized spacial score (nSPS) is 29.2. The molecule has 0 amide bonds. The van der Waals surface area contributed by atoms with E-state index in [9.17, 15) is 5.11 Å². The van der Waals surface area contributed by atoms with Gasteiger partial charge in [0.2, 0.25) is 0 Å². The zero-order chi connectivity index (χ0) is 9.42. The van der Waals surface area contributed by atoms with Gasteiger partial charge in [-0.3, -0.25) is 0 Å². The van der Waals surface area contributed by atoms with Crippen LogP contribution in [-0.4, -0.2) is 46.7 Å². The van der Waals surface area contributed by atoms with Gasteiger partial charge in [-0.05, 0) is 20.3 Å². The van der Waals surface area contributed by atoms with Crippen LogP contribution in [0.3, 0.4) is 0 Å². The van der Waals surface area contributed by atoms with Crippen molar-refractivity contribution in [1.29, 1.82) is 0 Å². The number of allylic oxidation sites excluding steroid dienone is 1. The first-order valence-corrected chi connectivity index (χ1v) is 5.04. The number of piperazine rings is 1. The Morgan fingerprint density at radius 2 is 2.38 bits per heavy atom. The van der Waals surface area contributed by atoms with Crippen LogP contribution in [0.5, 0.6) is 0 Å². The lowest BCUT2D eigenvalue weighted by atomic mass is 10.0. The van der Waals surface area contributed by atoms with E-state index in [0.717, 1.165) is 26.1 Å². The van der Waals surface area contributed by atoms with Crippen molar-refractivity contribution < 1.29 is 5.11 Å². The number of aliphatic hydroxyl groups is 1. The van der Waals surface area contributed by atoms with E-state index < -0.39 is 0 Å². The standard InChI is InChI=1S/C10H18N2O/c1-8-6-11-3-4-12(8)10(7-11)5-9(2)13/h6,9-10,13H,3-5,7H2,1-2H3. The fourth-order valence-electron chi connectivity index (χ4n) is 2.39. The highest BCUT2D eigenvalue weighted by atomic mass is 16.3. The average Bonchev–Trinajstić information content (AvgIpc) is 2.02. The van der Waals surface area contributed by atoms with Gasteiger partial charge in [-0.2, -0.15) is 0 Å². The molecule has 1 fully saturated rings. The summed E-state index contributed by atoms with van der Waals surface area (Å²) in [7, 11) is 0. The SMILES string of the molecule is CC1=CN2CCN1C(CC(C)O)C2. The molecule has 3 heteroatoms. The quantitative estimate of drug-likeness (QED) is 0.678. The number of hydrogen-bond donors (Lipinski definition) is 1. The van der Waals surface area contributed by atoms with Gasteiger partial charge >= 0.3 is 0 Å². The number of rotatable bonds is 2. The first-order chi connectivity index (χ1) is 6.16. The summed E-state index contributed by atoms with van der Waals surface area (Å²) in [5.74, 6) is 0. The Bertz CT molecular complexity index is 225. The molecule has 2 unspecified atom stereocenters. The molecule has 2 atom stereocenters. The lowest BCUT2D eigenvalue weighted by Gasteiger charge is -2.48. The fraction of sp³-hybridized carbons (Fsp3) is 0.800. The first kappa shape index (κ1) is 8.88. The van der Waals surface area contributed by atoms with Crippen LogP contribution in [0.15, 0.2) is 11.9 Å². The van der Waals surface area contributed by atoms with E-state index in [-0.39, 0.29) is 6.10 Å². The molecule has 0 aromatic rings. The predicted molar refractivity (Wildman–Crippen MR) is 52.1 cm³/mol. The molecule has 0 radical (unpaired) electrons. The van der Waals surface area contributed by atoms with Crippen molar-refractivity contribution in [2.45, 2.75) is 32.4 Å². The molecule has 3 rings (SSSR count). The maximum atomic E-state index is 9.35. The Kier molecular flexibility index (Phi) is 2.20.